The Kier molecular flexibility index (Phi) is 30.2. The molecule has 2 rings (SSSR count). The van der Waals surface area contributed by atoms with Crippen LogP contribution < -0.4 is 0 Å². The summed E-state index contributed by atoms with van der Waals surface area (Å²) in [5.41, 5.74) is 1.10. The molecule has 282 valence electrons. The van der Waals surface area contributed by atoms with Crippen molar-refractivity contribution in [1.82, 2.24) is 9.88 Å². The zero-order valence-corrected chi connectivity index (χ0v) is 34.9. The molecule has 1 aromatic carbocycles. The number of thioether (sulfide) groups is 1. The van der Waals surface area contributed by atoms with E-state index in [1.165, 1.54) is 210 Å². The molecule has 2 nitrogen and oxygen atoms in total. The molecule has 0 aliphatic rings. The number of hydrogen-bond acceptors (Lipinski definition) is 4. The van der Waals surface area contributed by atoms with Gasteiger partial charge in [0.05, 0.1) is 10.2 Å². The van der Waals surface area contributed by atoms with Gasteiger partial charge in [-0.3, -0.25) is 0 Å². The lowest BCUT2D eigenvalue weighted by Gasteiger charge is -2.24. The van der Waals surface area contributed by atoms with Crippen LogP contribution in [0.1, 0.15) is 219 Å². The molecule has 0 spiro atoms. The van der Waals surface area contributed by atoms with Gasteiger partial charge in [-0.05, 0) is 36.7 Å². The van der Waals surface area contributed by atoms with Crippen LogP contribution in [-0.2, 0) is 0 Å². The third kappa shape index (κ3) is 25.0. The monoisotopic (exact) mass is 731 g/mol. The molecule has 0 amide bonds. The van der Waals surface area contributed by atoms with E-state index in [4.69, 9.17) is 17.2 Å². The number of thiocarbonyl (C=S) groups is 1. The Morgan fingerprint density at radius 2 is 0.837 bits per heavy atom. The molecule has 0 atom stereocenters. The van der Waals surface area contributed by atoms with Crippen LogP contribution in [0, 0.1) is 0 Å². The molecule has 1 heterocycles. The predicted molar refractivity (Wildman–Crippen MR) is 229 cm³/mol. The highest BCUT2D eigenvalue weighted by atomic mass is 32.2. The summed E-state index contributed by atoms with van der Waals surface area (Å²) < 4.78 is 3.38. The highest BCUT2D eigenvalue weighted by molar-refractivity contribution is 8.23. The van der Waals surface area contributed by atoms with E-state index in [1.807, 2.05) is 0 Å². The average Bonchev–Trinajstić information content (AvgIpc) is 3.52. The van der Waals surface area contributed by atoms with Crippen LogP contribution in [0.3, 0.4) is 0 Å². The number of unbranched alkanes of at least 4 members (excludes halogenated alkanes) is 30. The second-order valence-electron chi connectivity index (χ2n) is 14.9. The van der Waals surface area contributed by atoms with Gasteiger partial charge in [-0.1, -0.05) is 231 Å². The van der Waals surface area contributed by atoms with Crippen LogP contribution in [0.25, 0.3) is 10.2 Å². The maximum absolute atomic E-state index is 6.04. The Morgan fingerprint density at radius 1 is 0.510 bits per heavy atom. The molecule has 0 radical (unpaired) electrons. The van der Waals surface area contributed by atoms with Crippen LogP contribution in [0.2, 0.25) is 0 Å². The van der Waals surface area contributed by atoms with E-state index < -0.39 is 0 Å². The number of hydrogen-bond donors (Lipinski definition) is 0. The highest BCUT2D eigenvalue weighted by Crippen LogP contribution is 2.31. The predicted octanol–water partition coefficient (Wildman–Crippen LogP) is 16.5. The standard InChI is InChI=1S/C44H78N2S3/c1-3-5-7-9-11-13-15-17-19-21-23-25-27-29-31-35-39-46(44(47)49-43-45-41-37-33-34-38-42(41)48-43)40-36-32-30-28-26-24-22-20-18-16-14-12-10-8-6-4-2/h33-34,37-38H,3-32,35-36,39-40H2,1-2H3. The van der Waals surface area contributed by atoms with Gasteiger partial charge in [-0.2, -0.15) is 0 Å². The Labute approximate surface area is 319 Å². The van der Waals surface area contributed by atoms with Crippen LogP contribution in [0.4, 0.5) is 0 Å². The average molecular weight is 731 g/mol. The summed E-state index contributed by atoms with van der Waals surface area (Å²) >= 11 is 9.54. The number of nitrogens with zero attached hydrogens (tertiary/aromatic N) is 2. The van der Waals surface area contributed by atoms with E-state index in [0.717, 1.165) is 27.3 Å². The molecule has 49 heavy (non-hydrogen) atoms. The van der Waals surface area contributed by atoms with Gasteiger partial charge in [0.1, 0.15) is 4.32 Å². The topological polar surface area (TPSA) is 16.1 Å². The second-order valence-corrected chi connectivity index (χ2v) is 17.8. The van der Waals surface area contributed by atoms with E-state index in [2.05, 4.69) is 43.0 Å². The fourth-order valence-corrected chi connectivity index (χ4v) is 9.58. The summed E-state index contributed by atoms with van der Waals surface area (Å²) in [4.78, 5) is 7.37. The van der Waals surface area contributed by atoms with E-state index in [1.54, 1.807) is 23.1 Å². The van der Waals surface area contributed by atoms with Crippen LogP contribution >= 0.6 is 35.3 Å². The molecule has 0 unspecified atom stereocenters. The van der Waals surface area contributed by atoms with E-state index >= 15 is 0 Å². The summed E-state index contributed by atoms with van der Waals surface area (Å²) in [6.07, 6.45) is 45.3. The van der Waals surface area contributed by atoms with Crippen molar-refractivity contribution in [2.45, 2.75) is 224 Å². The smallest absolute Gasteiger partial charge is 0.158 e. The molecule has 0 bridgehead atoms. The molecule has 0 saturated carbocycles. The summed E-state index contributed by atoms with van der Waals surface area (Å²) in [7, 11) is 0. The third-order valence-electron chi connectivity index (χ3n) is 10.3. The van der Waals surface area contributed by atoms with Gasteiger partial charge in [-0.25, -0.2) is 4.98 Å². The molecule has 2 aromatic rings. The van der Waals surface area contributed by atoms with Gasteiger partial charge in [0.2, 0.25) is 0 Å². The molecule has 0 N–H and O–H groups in total. The number of aromatic nitrogens is 1. The van der Waals surface area contributed by atoms with Gasteiger partial charge in [0, 0.05) is 13.1 Å². The number of fused-ring (bicyclic) bond motifs is 1. The Balaban J connectivity index is 1.54. The largest absolute Gasteiger partial charge is 0.357 e. The van der Waals surface area contributed by atoms with Crippen molar-refractivity contribution < 1.29 is 0 Å². The van der Waals surface area contributed by atoms with E-state index in [-0.39, 0.29) is 0 Å². The van der Waals surface area contributed by atoms with Crippen molar-refractivity contribution in [2.75, 3.05) is 13.1 Å². The fourth-order valence-electron chi connectivity index (χ4n) is 7.03. The minimum Gasteiger partial charge on any atom is -0.357 e. The zero-order chi connectivity index (χ0) is 34.9. The van der Waals surface area contributed by atoms with Gasteiger partial charge in [-0.15, -0.1) is 11.3 Å². The lowest BCUT2D eigenvalue weighted by Crippen LogP contribution is -2.29. The first-order chi connectivity index (χ1) is 24.2. The maximum Gasteiger partial charge on any atom is 0.158 e. The minimum absolute atomic E-state index is 1.03. The zero-order valence-electron chi connectivity index (χ0n) is 32.5. The second kappa shape index (κ2) is 33.2. The van der Waals surface area contributed by atoms with Crippen molar-refractivity contribution in [3.63, 3.8) is 0 Å². The summed E-state index contributed by atoms with van der Waals surface area (Å²) in [5.74, 6) is 0. The van der Waals surface area contributed by atoms with Crippen LogP contribution in [0.15, 0.2) is 28.6 Å². The van der Waals surface area contributed by atoms with Crippen molar-refractivity contribution in [3.8, 4) is 0 Å². The molecule has 0 aliphatic heterocycles. The normalized spacial score (nSPS) is 11.6. The molecule has 0 saturated heterocycles. The number of para-hydroxylation sites is 1. The third-order valence-corrected chi connectivity index (χ3v) is 12.8. The van der Waals surface area contributed by atoms with Crippen molar-refractivity contribution in [1.29, 1.82) is 0 Å². The number of benzene rings is 1. The SMILES string of the molecule is CCCCCCCCCCCCCCCCCCN(CCCCCCCCCCCCCCCCCC)C(=S)Sc1nc2ccccc2s1. The minimum atomic E-state index is 1.03. The lowest BCUT2D eigenvalue weighted by atomic mass is 10.0. The Bertz CT molecular complexity index is 936. The van der Waals surface area contributed by atoms with Crippen molar-refractivity contribution in [2.24, 2.45) is 0 Å². The van der Waals surface area contributed by atoms with Crippen LogP contribution in [0.5, 0.6) is 0 Å². The maximum atomic E-state index is 6.04. The van der Waals surface area contributed by atoms with Gasteiger partial charge < -0.3 is 4.90 Å². The van der Waals surface area contributed by atoms with Crippen molar-refractivity contribution >= 4 is 49.9 Å². The summed E-state index contributed by atoms with van der Waals surface area (Å²) in [5, 5.41) is 0. The number of thiazole rings is 1. The first-order valence-electron chi connectivity index (χ1n) is 21.6. The molecular formula is C44H78N2S3. The van der Waals surface area contributed by atoms with E-state index in [9.17, 15) is 0 Å². The van der Waals surface area contributed by atoms with Crippen LogP contribution in [-0.4, -0.2) is 27.3 Å². The molecular weight excluding hydrogens is 653 g/mol. The van der Waals surface area contributed by atoms with E-state index in [0.29, 0.717) is 0 Å². The van der Waals surface area contributed by atoms with Gasteiger partial charge in [0.25, 0.3) is 0 Å². The highest BCUT2D eigenvalue weighted by Gasteiger charge is 2.14. The fraction of sp³-hybridized carbons (Fsp3) is 0.818. The quantitative estimate of drug-likeness (QED) is 0.0398. The number of rotatable bonds is 35. The first kappa shape index (κ1) is 44.5. The first-order valence-corrected chi connectivity index (χ1v) is 23.6. The summed E-state index contributed by atoms with van der Waals surface area (Å²) in [6, 6.07) is 8.47. The van der Waals surface area contributed by atoms with Crippen molar-refractivity contribution in [3.05, 3.63) is 24.3 Å². The lowest BCUT2D eigenvalue weighted by molar-refractivity contribution is 0.394. The molecule has 1 aromatic heterocycles. The Morgan fingerprint density at radius 3 is 1.18 bits per heavy atom. The van der Waals surface area contributed by atoms with Gasteiger partial charge >= 0.3 is 0 Å². The summed E-state index contributed by atoms with van der Waals surface area (Å²) in [6.45, 7) is 6.82. The van der Waals surface area contributed by atoms with Gasteiger partial charge in [0.15, 0.2) is 4.34 Å². The molecule has 0 aliphatic carbocycles. The molecule has 0 fully saturated rings. The molecule has 5 heteroatoms. The Hall–Kier alpha value is -0.650.